The molecule has 1 heterocycles. The highest BCUT2D eigenvalue weighted by molar-refractivity contribution is 7.86. The molecule has 0 unspecified atom stereocenters. The lowest BCUT2D eigenvalue weighted by atomic mass is 10.3. The van der Waals surface area contributed by atoms with E-state index in [1.807, 2.05) is 6.08 Å². The fourth-order valence-corrected chi connectivity index (χ4v) is 3.04. The third-order valence-corrected chi connectivity index (χ3v) is 4.67. The number of nitrogens with zero attached hydrogens (tertiary/aromatic N) is 2. The summed E-state index contributed by atoms with van der Waals surface area (Å²) in [4.78, 5) is 0. The molecule has 0 aromatic heterocycles. The predicted molar refractivity (Wildman–Crippen MR) is 65.4 cm³/mol. The second-order valence-electron chi connectivity index (χ2n) is 3.91. The van der Waals surface area contributed by atoms with Crippen LogP contribution in [0.4, 0.5) is 0 Å². The zero-order valence-corrected chi connectivity index (χ0v) is 10.7. The number of hydrogen-bond donors (Lipinski definition) is 1. The number of rotatable bonds is 6. The first kappa shape index (κ1) is 13.6. The van der Waals surface area contributed by atoms with Crippen LogP contribution in [0.5, 0.6) is 0 Å². The molecule has 6 heteroatoms. The summed E-state index contributed by atoms with van der Waals surface area (Å²) < 4.78 is 27.1. The van der Waals surface area contributed by atoms with E-state index in [1.165, 1.54) is 8.61 Å². The third-order valence-electron chi connectivity index (χ3n) is 2.68. The highest BCUT2D eigenvalue weighted by atomic mass is 32.2. The van der Waals surface area contributed by atoms with E-state index in [1.54, 1.807) is 7.05 Å². The first-order valence-electron chi connectivity index (χ1n) is 5.62. The molecule has 0 atom stereocenters. The summed E-state index contributed by atoms with van der Waals surface area (Å²) in [6.07, 6.45) is 3.48. The molecule has 1 aliphatic rings. The maximum atomic E-state index is 12.1. The minimum atomic E-state index is -3.25. The lowest BCUT2D eigenvalue weighted by Gasteiger charge is -2.30. The van der Waals surface area contributed by atoms with Gasteiger partial charge in [0.25, 0.3) is 10.2 Å². The minimum Gasteiger partial charge on any atom is -0.314 e. The second kappa shape index (κ2) is 6.34. The number of hydrogen-bond acceptors (Lipinski definition) is 3. The molecule has 0 aliphatic carbocycles. The summed E-state index contributed by atoms with van der Waals surface area (Å²) >= 11 is 0. The summed E-state index contributed by atoms with van der Waals surface area (Å²) in [7, 11) is -1.61. The summed E-state index contributed by atoms with van der Waals surface area (Å²) in [5, 5.41) is 3.14. The second-order valence-corrected chi connectivity index (χ2v) is 5.94. The number of piperazine rings is 1. The molecule has 0 aromatic carbocycles. The summed E-state index contributed by atoms with van der Waals surface area (Å²) in [6, 6.07) is 0. The van der Waals surface area contributed by atoms with Gasteiger partial charge in [0.15, 0.2) is 0 Å². The van der Waals surface area contributed by atoms with Crippen LogP contribution in [0.3, 0.4) is 0 Å². The van der Waals surface area contributed by atoms with Crippen LogP contribution in [0.2, 0.25) is 0 Å². The molecule has 0 bridgehead atoms. The van der Waals surface area contributed by atoms with Crippen molar-refractivity contribution in [1.29, 1.82) is 0 Å². The van der Waals surface area contributed by atoms with Gasteiger partial charge in [-0.05, 0) is 12.8 Å². The molecule has 0 spiro atoms. The van der Waals surface area contributed by atoms with Crippen molar-refractivity contribution >= 4 is 10.2 Å². The quantitative estimate of drug-likeness (QED) is 0.532. The molecule has 0 amide bonds. The van der Waals surface area contributed by atoms with Crippen molar-refractivity contribution < 1.29 is 8.42 Å². The predicted octanol–water partition coefficient (Wildman–Crippen LogP) is 0.0344. The Morgan fingerprint density at radius 3 is 2.62 bits per heavy atom. The highest BCUT2D eigenvalue weighted by Gasteiger charge is 2.27. The monoisotopic (exact) mass is 247 g/mol. The van der Waals surface area contributed by atoms with Gasteiger partial charge in [-0.1, -0.05) is 6.08 Å². The first-order chi connectivity index (χ1) is 7.59. The van der Waals surface area contributed by atoms with Crippen LogP contribution in [-0.2, 0) is 10.2 Å². The van der Waals surface area contributed by atoms with Crippen molar-refractivity contribution in [2.45, 2.75) is 12.8 Å². The molecular weight excluding hydrogens is 226 g/mol. The topological polar surface area (TPSA) is 52.7 Å². The lowest BCUT2D eigenvalue weighted by molar-refractivity contribution is 0.325. The molecule has 1 saturated heterocycles. The van der Waals surface area contributed by atoms with Gasteiger partial charge in [0.2, 0.25) is 0 Å². The Morgan fingerprint density at radius 1 is 1.44 bits per heavy atom. The maximum Gasteiger partial charge on any atom is 0.281 e. The fraction of sp³-hybridized carbons (Fsp3) is 0.800. The molecule has 1 fully saturated rings. The Labute approximate surface area is 98.3 Å². The summed E-state index contributed by atoms with van der Waals surface area (Å²) in [5.41, 5.74) is 0. The molecule has 0 aromatic rings. The molecule has 0 saturated carbocycles. The molecular formula is C10H21N3O2S. The molecule has 1 N–H and O–H groups in total. The Hall–Kier alpha value is -0.430. The van der Waals surface area contributed by atoms with Crippen molar-refractivity contribution in [1.82, 2.24) is 13.9 Å². The van der Waals surface area contributed by atoms with E-state index in [9.17, 15) is 8.42 Å². The smallest absolute Gasteiger partial charge is 0.281 e. The maximum absolute atomic E-state index is 12.1. The van der Waals surface area contributed by atoms with Crippen molar-refractivity contribution in [2.75, 3.05) is 39.8 Å². The van der Waals surface area contributed by atoms with Crippen LogP contribution in [0, 0.1) is 0 Å². The van der Waals surface area contributed by atoms with Crippen molar-refractivity contribution in [3.63, 3.8) is 0 Å². The molecule has 94 valence electrons. The van der Waals surface area contributed by atoms with Crippen LogP contribution in [0.25, 0.3) is 0 Å². The van der Waals surface area contributed by atoms with E-state index in [2.05, 4.69) is 11.9 Å². The summed E-state index contributed by atoms with van der Waals surface area (Å²) in [5.74, 6) is 0. The van der Waals surface area contributed by atoms with Gasteiger partial charge in [0, 0.05) is 39.8 Å². The largest absolute Gasteiger partial charge is 0.314 e. The SMILES string of the molecule is C=CCCCN(C)S(=O)(=O)N1CCNCC1. The lowest BCUT2D eigenvalue weighted by Crippen LogP contribution is -2.51. The van der Waals surface area contributed by atoms with E-state index in [0.717, 1.165) is 25.9 Å². The molecule has 1 aliphatic heterocycles. The van der Waals surface area contributed by atoms with Gasteiger partial charge < -0.3 is 5.32 Å². The van der Waals surface area contributed by atoms with Gasteiger partial charge in [-0.15, -0.1) is 6.58 Å². The molecule has 5 nitrogen and oxygen atoms in total. The van der Waals surface area contributed by atoms with Gasteiger partial charge in [-0.25, -0.2) is 0 Å². The van der Waals surface area contributed by atoms with Gasteiger partial charge in [0.05, 0.1) is 0 Å². The van der Waals surface area contributed by atoms with Gasteiger partial charge in [0.1, 0.15) is 0 Å². The van der Waals surface area contributed by atoms with E-state index in [0.29, 0.717) is 19.6 Å². The minimum absolute atomic E-state index is 0.554. The Morgan fingerprint density at radius 2 is 2.06 bits per heavy atom. The standard InChI is InChI=1S/C10H21N3O2S/c1-3-4-5-8-12(2)16(14,15)13-9-6-11-7-10-13/h3,11H,1,4-10H2,2H3. The van der Waals surface area contributed by atoms with Crippen LogP contribution in [0.15, 0.2) is 12.7 Å². The average Bonchev–Trinajstić information content (AvgIpc) is 2.30. The molecule has 16 heavy (non-hydrogen) atoms. The average molecular weight is 247 g/mol. The van der Waals surface area contributed by atoms with Crippen LogP contribution < -0.4 is 5.32 Å². The Bertz CT molecular complexity index is 310. The van der Waals surface area contributed by atoms with Crippen LogP contribution in [0.1, 0.15) is 12.8 Å². The van der Waals surface area contributed by atoms with Crippen molar-refractivity contribution in [3.05, 3.63) is 12.7 Å². The third kappa shape index (κ3) is 3.55. The van der Waals surface area contributed by atoms with Gasteiger partial charge >= 0.3 is 0 Å². The van der Waals surface area contributed by atoms with Crippen LogP contribution >= 0.6 is 0 Å². The van der Waals surface area contributed by atoms with E-state index in [4.69, 9.17) is 0 Å². The Kier molecular flexibility index (Phi) is 5.40. The Balaban J connectivity index is 2.50. The number of allylic oxidation sites excluding steroid dienone is 1. The van der Waals surface area contributed by atoms with Crippen molar-refractivity contribution in [3.8, 4) is 0 Å². The van der Waals surface area contributed by atoms with E-state index >= 15 is 0 Å². The van der Waals surface area contributed by atoms with Gasteiger partial charge in [-0.3, -0.25) is 0 Å². The molecule has 1 rings (SSSR count). The first-order valence-corrected chi connectivity index (χ1v) is 7.01. The molecule has 0 radical (unpaired) electrons. The number of unbranched alkanes of at least 4 members (excludes halogenated alkanes) is 1. The zero-order valence-electron chi connectivity index (χ0n) is 9.85. The fourth-order valence-electron chi connectivity index (χ4n) is 1.65. The highest BCUT2D eigenvalue weighted by Crippen LogP contribution is 2.08. The summed E-state index contributed by atoms with van der Waals surface area (Å²) in [6.45, 7) is 6.78. The zero-order chi connectivity index (χ0) is 12.0. The van der Waals surface area contributed by atoms with E-state index < -0.39 is 10.2 Å². The van der Waals surface area contributed by atoms with E-state index in [-0.39, 0.29) is 0 Å². The normalized spacial score (nSPS) is 18.9. The van der Waals surface area contributed by atoms with Crippen molar-refractivity contribution in [2.24, 2.45) is 0 Å². The number of nitrogens with one attached hydrogen (secondary N) is 1. The van der Waals surface area contributed by atoms with Crippen LogP contribution in [-0.4, -0.2) is 56.8 Å². The van der Waals surface area contributed by atoms with Gasteiger partial charge in [-0.2, -0.15) is 17.0 Å².